The summed E-state index contributed by atoms with van der Waals surface area (Å²) in [5, 5.41) is 24.1. The number of aryl methyl sites for hydroxylation is 1. The number of anilines is 1. The molecule has 0 aliphatic heterocycles. The van der Waals surface area contributed by atoms with Crippen LogP contribution in [0, 0.1) is 29.6 Å². The van der Waals surface area contributed by atoms with E-state index in [0.29, 0.717) is 46.7 Å². The minimum absolute atomic E-state index is 0.00846. The molecule has 1 N–H and O–H groups in total. The molecule has 6 rings (SSSR count). The maximum atomic E-state index is 14.1. The highest BCUT2D eigenvalue weighted by Crippen LogP contribution is 2.48. The number of nitrogens with zero attached hydrogens (tertiary/aromatic N) is 6. The summed E-state index contributed by atoms with van der Waals surface area (Å²) in [6, 6.07) is 9.96. The van der Waals surface area contributed by atoms with Crippen LogP contribution in [0.15, 0.2) is 30.5 Å². The van der Waals surface area contributed by atoms with Crippen LogP contribution in [0.4, 0.5) is 10.1 Å². The SMILES string of the molecule is Cc1nc(F)ccc1[C@H](Cc1cc(Cl)c2ncc(C#N)c(NCC(C)(C)C)c2c1)c1nnn(C2CC2)c1C1CC1. The normalized spacial score (nSPS) is 16.2. The molecule has 9 heteroatoms. The van der Waals surface area contributed by atoms with Crippen LogP contribution in [-0.2, 0) is 6.42 Å². The molecule has 0 unspecified atom stereocenters. The quantitative estimate of drug-likeness (QED) is 0.230. The Hall–Kier alpha value is -3.57. The summed E-state index contributed by atoms with van der Waals surface area (Å²) >= 11 is 6.83. The Kier molecular flexibility index (Phi) is 6.74. The van der Waals surface area contributed by atoms with E-state index in [-0.39, 0.29) is 11.3 Å². The average Bonchev–Trinajstić information content (AvgIpc) is 3.84. The lowest BCUT2D eigenvalue weighted by atomic mass is 9.86. The fourth-order valence-corrected chi connectivity index (χ4v) is 5.76. The summed E-state index contributed by atoms with van der Waals surface area (Å²) in [7, 11) is 0. The van der Waals surface area contributed by atoms with E-state index in [0.717, 1.165) is 53.6 Å². The second kappa shape index (κ2) is 10.1. The molecular weight excluding hydrogens is 525 g/mol. The zero-order valence-corrected chi connectivity index (χ0v) is 24.1. The van der Waals surface area contributed by atoms with Crippen molar-refractivity contribution >= 4 is 28.2 Å². The fourth-order valence-electron chi connectivity index (χ4n) is 5.46. The molecule has 0 bridgehead atoms. The van der Waals surface area contributed by atoms with Crippen molar-refractivity contribution in [2.24, 2.45) is 5.41 Å². The fraction of sp³-hybridized carbons (Fsp3) is 0.452. The van der Waals surface area contributed by atoms with E-state index in [1.165, 1.54) is 11.8 Å². The second-order valence-electron chi connectivity index (χ2n) is 12.4. The molecule has 2 aliphatic carbocycles. The summed E-state index contributed by atoms with van der Waals surface area (Å²) in [5.41, 5.74) is 6.57. The van der Waals surface area contributed by atoms with Crippen LogP contribution in [0.3, 0.4) is 0 Å². The van der Waals surface area contributed by atoms with E-state index in [2.05, 4.69) is 58.1 Å². The van der Waals surface area contributed by atoms with Gasteiger partial charge in [-0.25, -0.2) is 9.67 Å². The number of pyridine rings is 2. The summed E-state index contributed by atoms with van der Waals surface area (Å²) in [4.78, 5) is 8.67. The lowest BCUT2D eigenvalue weighted by molar-refractivity contribution is 0.443. The zero-order chi connectivity index (χ0) is 28.2. The first kappa shape index (κ1) is 26.6. The second-order valence-corrected chi connectivity index (χ2v) is 12.8. The van der Waals surface area contributed by atoms with Crippen LogP contribution in [0.25, 0.3) is 10.9 Å². The van der Waals surface area contributed by atoms with Gasteiger partial charge in [0.15, 0.2) is 0 Å². The monoisotopic (exact) mass is 557 g/mol. The van der Waals surface area contributed by atoms with Gasteiger partial charge in [0, 0.05) is 35.7 Å². The predicted molar refractivity (Wildman–Crippen MR) is 154 cm³/mol. The molecule has 2 saturated carbocycles. The van der Waals surface area contributed by atoms with Gasteiger partial charge in [0.25, 0.3) is 0 Å². The van der Waals surface area contributed by atoms with Crippen LogP contribution in [0.1, 0.15) is 98.1 Å². The van der Waals surface area contributed by atoms with Crippen molar-refractivity contribution in [2.45, 2.75) is 77.7 Å². The van der Waals surface area contributed by atoms with Gasteiger partial charge in [0.2, 0.25) is 5.95 Å². The number of fused-ring (bicyclic) bond motifs is 1. The van der Waals surface area contributed by atoms with E-state index in [9.17, 15) is 9.65 Å². The van der Waals surface area contributed by atoms with Gasteiger partial charge in [-0.2, -0.15) is 9.65 Å². The molecule has 0 radical (unpaired) electrons. The highest BCUT2D eigenvalue weighted by atomic mass is 35.5. The van der Waals surface area contributed by atoms with Gasteiger partial charge in [-0.1, -0.05) is 43.7 Å². The van der Waals surface area contributed by atoms with Gasteiger partial charge in [-0.3, -0.25) is 4.98 Å². The zero-order valence-electron chi connectivity index (χ0n) is 23.3. The van der Waals surface area contributed by atoms with Crippen molar-refractivity contribution in [2.75, 3.05) is 11.9 Å². The van der Waals surface area contributed by atoms with Gasteiger partial charge < -0.3 is 5.32 Å². The molecule has 0 amide bonds. The molecule has 7 nitrogen and oxygen atoms in total. The Morgan fingerprint density at radius 3 is 2.62 bits per heavy atom. The van der Waals surface area contributed by atoms with Crippen LogP contribution >= 0.6 is 11.6 Å². The Labute approximate surface area is 238 Å². The van der Waals surface area contributed by atoms with Crippen molar-refractivity contribution in [3.63, 3.8) is 0 Å². The topological polar surface area (TPSA) is 92.3 Å². The highest BCUT2D eigenvalue weighted by Gasteiger charge is 2.39. The van der Waals surface area contributed by atoms with E-state index in [1.54, 1.807) is 6.20 Å². The molecule has 0 spiro atoms. The smallest absolute Gasteiger partial charge is 0.213 e. The van der Waals surface area contributed by atoms with Gasteiger partial charge in [0.05, 0.1) is 39.2 Å². The van der Waals surface area contributed by atoms with E-state index < -0.39 is 5.95 Å². The van der Waals surface area contributed by atoms with Crippen molar-refractivity contribution in [3.8, 4) is 6.07 Å². The molecule has 0 saturated heterocycles. The largest absolute Gasteiger partial charge is 0.383 e. The first-order chi connectivity index (χ1) is 19.1. The third-order valence-electron chi connectivity index (χ3n) is 7.75. The minimum atomic E-state index is -0.498. The van der Waals surface area contributed by atoms with Crippen LogP contribution < -0.4 is 5.32 Å². The molecule has 3 aromatic heterocycles. The maximum Gasteiger partial charge on any atom is 0.213 e. The molecule has 40 heavy (non-hydrogen) atoms. The Morgan fingerprint density at radius 1 is 1.20 bits per heavy atom. The average molecular weight is 558 g/mol. The van der Waals surface area contributed by atoms with Gasteiger partial charge >= 0.3 is 0 Å². The number of rotatable bonds is 8. The number of hydrogen-bond acceptors (Lipinski definition) is 6. The summed E-state index contributed by atoms with van der Waals surface area (Å²) < 4.78 is 16.2. The molecule has 1 aromatic carbocycles. The third-order valence-corrected chi connectivity index (χ3v) is 8.04. The summed E-state index contributed by atoms with van der Waals surface area (Å²) in [6.45, 7) is 8.95. The number of hydrogen-bond donors (Lipinski definition) is 1. The summed E-state index contributed by atoms with van der Waals surface area (Å²) in [6.07, 6.45) is 6.67. The lowest BCUT2D eigenvalue weighted by Crippen LogP contribution is -2.19. The first-order valence-corrected chi connectivity index (χ1v) is 14.3. The van der Waals surface area contributed by atoms with Crippen LogP contribution in [0.5, 0.6) is 0 Å². The number of aromatic nitrogens is 5. The van der Waals surface area contributed by atoms with Crippen LogP contribution in [-0.4, -0.2) is 31.5 Å². The molecule has 2 aliphatic rings. The number of benzene rings is 1. The van der Waals surface area contributed by atoms with Gasteiger partial charge in [-0.05, 0) is 73.8 Å². The van der Waals surface area contributed by atoms with Crippen LogP contribution in [0.2, 0.25) is 5.02 Å². The van der Waals surface area contributed by atoms with Gasteiger partial charge in [0.1, 0.15) is 6.07 Å². The Balaban J connectivity index is 1.48. The Morgan fingerprint density at radius 2 is 1.98 bits per heavy atom. The maximum absolute atomic E-state index is 14.1. The molecule has 4 aromatic rings. The predicted octanol–water partition coefficient (Wildman–Crippen LogP) is 7.24. The summed E-state index contributed by atoms with van der Waals surface area (Å²) in [5.74, 6) is -0.220. The number of nitrogens with one attached hydrogen (secondary N) is 1. The molecule has 206 valence electrons. The van der Waals surface area contributed by atoms with Crippen molar-refractivity contribution in [3.05, 3.63) is 75.2 Å². The van der Waals surface area contributed by atoms with Crippen molar-refractivity contribution in [1.82, 2.24) is 25.0 Å². The lowest BCUT2D eigenvalue weighted by Gasteiger charge is -2.22. The number of nitriles is 1. The Bertz CT molecular complexity index is 1640. The van der Waals surface area contributed by atoms with Crippen molar-refractivity contribution < 1.29 is 4.39 Å². The van der Waals surface area contributed by atoms with E-state index in [4.69, 9.17) is 16.7 Å². The van der Waals surface area contributed by atoms with Crippen molar-refractivity contribution in [1.29, 1.82) is 5.26 Å². The molecule has 1 atom stereocenters. The van der Waals surface area contributed by atoms with E-state index in [1.807, 2.05) is 19.1 Å². The first-order valence-electron chi connectivity index (χ1n) is 14.0. The molecule has 2 fully saturated rings. The third kappa shape index (κ3) is 5.27. The standard InChI is InChI=1S/C31H33ClFN7/c1-17-22(9-10-26(33)37-17)23(29-30(19-5-6-19)40(39-38-29)21-7-8-21)11-18-12-24-27(36-16-31(2,3)4)20(14-34)15-35-28(24)25(32)13-18/h9-10,12-13,15,19,21,23H,5-8,11,16H2,1-4H3,(H,35,36)/t23-/m0/s1. The van der Waals surface area contributed by atoms with E-state index >= 15 is 0 Å². The minimum Gasteiger partial charge on any atom is -0.383 e. The molecule has 3 heterocycles. The highest BCUT2D eigenvalue weighted by molar-refractivity contribution is 6.35. The van der Waals surface area contributed by atoms with Gasteiger partial charge in [-0.15, -0.1) is 5.10 Å². The number of halogens is 2. The molecular formula is C31H33ClFN7.